The summed E-state index contributed by atoms with van der Waals surface area (Å²) in [5.41, 5.74) is 7.00. The van der Waals surface area contributed by atoms with Gasteiger partial charge in [0.2, 0.25) is 18.2 Å². The number of likely N-dealkylation sites (N-methyl/N-ethyl adjacent to an activating group) is 1. The summed E-state index contributed by atoms with van der Waals surface area (Å²) in [6.45, 7) is 11.9. The van der Waals surface area contributed by atoms with Crippen molar-refractivity contribution >= 4 is 23.3 Å². The van der Waals surface area contributed by atoms with Gasteiger partial charge in [-0.3, -0.25) is 14.4 Å². The van der Waals surface area contributed by atoms with E-state index in [4.69, 9.17) is 10.5 Å². The van der Waals surface area contributed by atoms with Gasteiger partial charge in [0.15, 0.2) is 5.78 Å². The Bertz CT molecular complexity index is 1040. The van der Waals surface area contributed by atoms with E-state index < -0.39 is 42.2 Å². The molecular formula is C27H38F2N4O4. The van der Waals surface area contributed by atoms with Gasteiger partial charge < -0.3 is 25.2 Å². The average molecular weight is 521 g/mol. The summed E-state index contributed by atoms with van der Waals surface area (Å²) >= 11 is 0. The first-order valence-electron chi connectivity index (χ1n) is 13.0. The fraction of sp³-hybridized carbons (Fsp3) is 0.667. The van der Waals surface area contributed by atoms with Gasteiger partial charge in [0, 0.05) is 44.0 Å². The monoisotopic (exact) mass is 520 g/mol. The van der Waals surface area contributed by atoms with E-state index in [1.54, 1.807) is 6.07 Å². The summed E-state index contributed by atoms with van der Waals surface area (Å²) < 4.78 is 33.0. The Labute approximate surface area is 217 Å². The SMILES string of the molecule is CCN1CCN(c2ccc(C(N)=O)c([C@H](CC(C)(C)C)C(=O)N3C[C@H](C(F)F)[C@H]4OCC(=O)[C@H]43)c2)CC1. The van der Waals surface area contributed by atoms with Crippen LogP contribution in [0.3, 0.4) is 0 Å². The largest absolute Gasteiger partial charge is 0.369 e. The van der Waals surface area contributed by atoms with Gasteiger partial charge in [0.25, 0.3) is 0 Å². The van der Waals surface area contributed by atoms with Crippen molar-refractivity contribution in [2.75, 3.05) is 50.8 Å². The maximum atomic E-state index is 14.1. The lowest BCUT2D eigenvalue weighted by Crippen LogP contribution is -2.46. The summed E-state index contributed by atoms with van der Waals surface area (Å²) in [6, 6.07) is 4.31. The molecule has 2 amide bonds. The van der Waals surface area contributed by atoms with E-state index in [0.29, 0.717) is 12.0 Å². The van der Waals surface area contributed by atoms with Gasteiger partial charge in [0.1, 0.15) is 12.6 Å². The molecule has 37 heavy (non-hydrogen) atoms. The highest BCUT2D eigenvalue weighted by atomic mass is 19.3. The number of halogens is 2. The van der Waals surface area contributed by atoms with Crippen molar-refractivity contribution in [2.24, 2.45) is 17.1 Å². The number of carbonyl (C=O) groups excluding carboxylic acids is 3. The minimum atomic E-state index is -2.72. The Hall–Kier alpha value is -2.59. The molecule has 0 unspecified atom stereocenters. The van der Waals surface area contributed by atoms with Gasteiger partial charge >= 0.3 is 0 Å². The van der Waals surface area contributed by atoms with E-state index in [-0.39, 0.29) is 29.9 Å². The molecule has 4 rings (SSSR count). The summed E-state index contributed by atoms with van der Waals surface area (Å²) in [5.74, 6) is -3.53. The molecule has 10 heteroatoms. The van der Waals surface area contributed by atoms with Crippen molar-refractivity contribution in [1.29, 1.82) is 0 Å². The number of benzene rings is 1. The third-order valence-corrected chi connectivity index (χ3v) is 7.81. The molecule has 0 aliphatic carbocycles. The van der Waals surface area contributed by atoms with Crippen molar-refractivity contribution < 1.29 is 27.9 Å². The number of alkyl halides is 2. The highest BCUT2D eigenvalue weighted by molar-refractivity contribution is 5.99. The molecule has 3 fully saturated rings. The van der Waals surface area contributed by atoms with Gasteiger partial charge in [-0.25, -0.2) is 8.78 Å². The number of Topliss-reactive ketones (excluding diaryl/α,β-unsaturated/α-hetero) is 1. The van der Waals surface area contributed by atoms with E-state index in [9.17, 15) is 23.2 Å². The smallest absolute Gasteiger partial charge is 0.249 e. The second-order valence-corrected chi connectivity index (χ2v) is 11.6. The number of primary amides is 1. The number of rotatable bonds is 7. The van der Waals surface area contributed by atoms with Gasteiger partial charge in [-0.2, -0.15) is 0 Å². The number of anilines is 1. The van der Waals surface area contributed by atoms with E-state index >= 15 is 0 Å². The molecule has 204 valence electrons. The Morgan fingerprint density at radius 2 is 1.84 bits per heavy atom. The molecule has 0 bridgehead atoms. The van der Waals surface area contributed by atoms with Crippen LogP contribution in [0, 0.1) is 11.3 Å². The number of ketones is 1. The second-order valence-electron chi connectivity index (χ2n) is 11.6. The van der Waals surface area contributed by atoms with Crippen molar-refractivity contribution in [1.82, 2.24) is 9.80 Å². The summed E-state index contributed by atoms with van der Waals surface area (Å²) in [5, 5.41) is 0. The minimum absolute atomic E-state index is 0.230. The zero-order valence-electron chi connectivity index (χ0n) is 22.1. The van der Waals surface area contributed by atoms with Crippen molar-refractivity contribution in [2.45, 2.75) is 58.6 Å². The standard InChI is InChI=1S/C27H38F2N4O4/c1-5-31-8-10-32(11-9-31)16-6-7-17(25(30)35)18(12-16)19(13-27(2,3)4)26(36)33-14-20(24(28)29)23-22(33)21(34)15-37-23/h6-7,12,19-20,22-24H,5,8-11,13-15H2,1-4H3,(H2,30,35)/t19-,20-,22+,23+/m0/s1. The number of nitrogens with zero attached hydrogens (tertiary/aromatic N) is 3. The minimum Gasteiger partial charge on any atom is -0.369 e. The predicted octanol–water partition coefficient (Wildman–Crippen LogP) is 2.51. The van der Waals surface area contributed by atoms with Crippen LogP contribution in [0.25, 0.3) is 0 Å². The third kappa shape index (κ3) is 5.65. The van der Waals surface area contributed by atoms with Crippen LogP contribution >= 0.6 is 0 Å². The van der Waals surface area contributed by atoms with Crippen LogP contribution in [0.2, 0.25) is 0 Å². The topological polar surface area (TPSA) is 96.2 Å². The molecule has 3 aliphatic rings. The van der Waals surface area contributed by atoms with Crippen LogP contribution < -0.4 is 10.6 Å². The predicted molar refractivity (Wildman–Crippen MR) is 136 cm³/mol. The molecule has 0 saturated carbocycles. The van der Waals surface area contributed by atoms with Crippen LogP contribution in [0.1, 0.15) is 56.0 Å². The average Bonchev–Trinajstić information content (AvgIpc) is 3.42. The Morgan fingerprint density at radius 3 is 2.41 bits per heavy atom. The number of fused-ring (bicyclic) bond motifs is 1. The lowest BCUT2D eigenvalue weighted by atomic mass is 9.79. The molecule has 1 aromatic carbocycles. The number of carbonyl (C=O) groups is 3. The van der Waals surface area contributed by atoms with Crippen LogP contribution in [0.5, 0.6) is 0 Å². The molecule has 3 heterocycles. The van der Waals surface area contributed by atoms with E-state index in [1.165, 1.54) is 4.90 Å². The third-order valence-electron chi connectivity index (χ3n) is 7.81. The summed E-state index contributed by atoms with van der Waals surface area (Å²) in [6.07, 6.45) is -3.38. The molecule has 4 atom stereocenters. The molecule has 0 spiro atoms. The Kier molecular flexibility index (Phi) is 7.90. The lowest BCUT2D eigenvalue weighted by Gasteiger charge is -2.36. The first-order chi connectivity index (χ1) is 17.4. The molecule has 0 aromatic heterocycles. The quantitative estimate of drug-likeness (QED) is 0.594. The Balaban J connectivity index is 1.73. The highest BCUT2D eigenvalue weighted by Gasteiger charge is 2.56. The molecular weight excluding hydrogens is 482 g/mol. The maximum Gasteiger partial charge on any atom is 0.249 e. The number of amides is 2. The van der Waals surface area contributed by atoms with Crippen molar-refractivity contribution in [3.63, 3.8) is 0 Å². The normalized spacial score (nSPS) is 25.6. The van der Waals surface area contributed by atoms with E-state index in [2.05, 4.69) is 16.7 Å². The number of hydrogen-bond acceptors (Lipinski definition) is 6. The maximum absolute atomic E-state index is 14.1. The number of likely N-dealkylation sites (tertiary alicyclic amines) is 1. The van der Waals surface area contributed by atoms with Gasteiger partial charge in [-0.1, -0.05) is 27.7 Å². The molecule has 3 saturated heterocycles. The fourth-order valence-electron chi connectivity index (χ4n) is 5.87. The van der Waals surface area contributed by atoms with Crippen LogP contribution in [-0.2, 0) is 14.3 Å². The van der Waals surface area contributed by atoms with E-state index in [0.717, 1.165) is 38.4 Å². The number of hydrogen-bond donors (Lipinski definition) is 1. The van der Waals surface area contributed by atoms with Crippen LogP contribution in [0.4, 0.5) is 14.5 Å². The fourth-order valence-corrected chi connectivity index (χ4v) is 5.87. The number of nitrogens with two attached hydrogens (primary N) is 1. The molecule has 1 aromatic rings. The summed E-state index contributed by atoms with van der Waals surface area (Å²) in [7, 11) is 0. The van der Waals surface area contributed by atoms with Gasteiger partial charge in [-0.15, -0.1) is 0 Å². The van der Waals surface area contributed by atoms with Crippen molar-refractivity contribution in [3.05, 3.63) is 29.3 Å². The molecule has 8 nitrogen and oxygen atoms in total. The first kappa shape index (κ1) is 27.4. The molecule has 2 N–H and O–H groups in total. The van der Waals surface area contributed by atoms with E-state index in [1.807, 2.05) is 32.9 Å². The zero-order chi connectivity index (χ0) is 27.1. The van der Waals surface area contributed by atoms with Crippen molar-refractivity contribution in [3.8, 4) is 0 Å². The zero-order valence-corrected chi connectivity index (χ0v) is 22.1. The van der Waals surface area contributed by atoms with Gasteiger partial charge in [-0.05, 0) is 42.1 Å². The summed E-state index contributed by atoms with van der Waals surface area (Å²) in [4.78, 5) is 45.1. The first-order valence-corrected chi connectivity index (χ1v) is 13.0. The lowest BCUT2D eigenvalue weighted by molar-refractivity contribution is -0.138. The highest BCUT2D eigenvalue weighted by Crippen LogP contribution is 2.41. The Morgan fingerprint density at radius 1 is 1.16 bits per heavy atom. The molecule has 0 radical (unpaired) electrons. The second kappa shape index (κ2) is 10.6. The van der Waals surface area contributed by atoms with Crippen LogP contribution in [-0.4, -0.2) is 91.8 Å². The van der Waals surface area contributed by atoms with Gasteiger partial charge in [0.05, 0.1) is 17.9 Å². The molecule has 3 aliphatic heterocycles. The number of piperazine rings is 1. The number of ether oxygens (including phenoxy) is 1. The van der Waals surface area contributed by atoms with Crippen LogP contribution in [0.15, 0.2) is 18.2 Å².